The zero-order chi connectivity index (χ0) is 14.3. The first-order valence-corrected chi connectivity index (χ1v) is 5.84. The maximum atomic E-state index is 13.6. The first-order valence-electron chi connectivity index (χ1n) is 5.84. The van der Waals surface area contributed by atoms with Crippen molar-refractivity contribution in [2.75, 3.05) is 0 Å². The Kier molecular flexibility index (Phi) is 2.81. The Balaban J connectivity index is 2.10. The minimum absolute atomic E-state index is 0.102. The fourth-order valence-corrected chi connectivity index (χ4v) is 1.84. The van der Waals surface area contributed by atoms with Crippen molar-refractivity contribution in [3.63, 3.8) is 0 Å². The Morgan fingerprint density at radius 2 is 2.00 bits per heavy atom. The number of fused-ring (bicyclic) bond motifs is 1. The van der Waals surface area contributed by atoms with E-state index in [0.29, 0.717) is 16.9 Å². The number of aryl methyl sites for hydroxylation is 2. The standard InChI is InChI=1S/C13H10F2N4O/c1-7-17-12-9(6-16-19(12)2)13(18-7)20-11-4-3-8(14)5-10(11)15/h3-6H,1-2H3. The fraction of sp³-hybridized carbons (Fsp3) is 0.154. The van der Waals surface area contributed by atoms with Crippen molar-refractivity contribution in [1.29, 1.82) is 0 Å². The van der Waals surface area contributed by atoms with Crippen LogP contribution in [0.2, 0.25) is 0 Å². The molecule has 0 atom stereocenters. The van der Waals surface area contributed by atoms with Gasteiger partial charge in [-0.15, -0.1) is 0 Å². The van der Waals surface area contributed by atoms with Gasteiger partial charge < -0.3 is 4.74 Å². The van der Waals surface area contributed by atoms with E-state index in [1.165, 1.54) is 12.3 Å². The molecule has 20 heavy (non-hydrogen) atoms. The van der Waals surface area contributed by atoms with Gasteiger partial charge in [0.2, 0.25) is 5.88 Å². The van der Waals surface area contributed by atoms with E-state index in [9.17, 15) is 8.78 Å². The monoisotopic (exact) mass is 276 g/mol. The minimum atomic E-state index is -0.793. The van der Waals surface area contributed by atoms with Crippen molar-refractivity contribution in [3.05, 3.63) is 41.9 Å². The highest BCUT2D eigenvalue weighted by molar-refractivity contribution is 5.80. The second-order valence-electron chi connectivity index (χ2n) is 4.26. The van der Waals surface area contributed by atoms with Crippen LogP contribution in [0.1, 0.15) is 5.82 Å². The average Bonchev–Trinajstić information content (AvgIpc) is 2.75. The number of nitrogens with zero attached hydrogens (tertiary/aromatic N) is 4. The molecule has 0 radical (unpaired) electrons. The van der Waals surface area contributed by atoms with Crippen molar-refractivity contribution in [2.45, 2.75) is 6.92 Å². The molecule has 102 valence electrons. The molecule has 3 aromatic rings. The van der Waals surface area contributed by atoms with Gasteiger partial charge in [-0.2, -0.15) is 10.1 Å². The molecule has 0 amide bonds. The Morgan fingerprint density at radius 1 is 1.20 bits per heavy atom. The molecule has 0 bridgehead atoms. The Morgan fingerprint density at radius 3 is 2.75 bits per heavy atom. The van der Waals surface area contributed by atoms with E-state index < -0.39 is 11.6 Å². The van der Waals surface area contributed by atoms with Crippen molar-refractivity contribution in [3.8, 4) is 11.6 Å². The van der Waals surface area contributed by atoms with Gasteiger partial charge in [-0.3, -0.25) is 4.68 Å². The van der Waals surface area contributed by atoms with Gasteiger partial charge in [0.1, 0.15) is 17.0 Å². The molecule has 7 heteroatoms. The molecule has 5 nitrogen and oxygen atoms in total. The Hall–Kier alpha value is -2.57. The molecule has 2 heterocycles. The van der Waals surface area contributed by atoms with Crippen LogP contribution in [0.3, 0.4) is 0 Å². The van der Waals surface area contributed by atoms with Crippen LogP contribution in [0.15, 0.2) is 24.4 Å². The molecular weight excluding hydrogens is 266 g/mol. The highest BCUT2D eigenvalue weighted by atomic mass is 19.1. The van der Waals surface area contributed by atoms with Crippen molar-refractivity contribution < 1.29 is 13.5 Å². The third-order valence-corrected chi connectivity index (χ3v) is 2.77. The quantitative estimate of drug-likeness (QED) is 0.722. The van der Waals surface area contributed by atoms with Crippen LogP contribution < -0.4 is 4.74 Å². The first kappa shape index (κ1) is 12.5. The topological polar surface area (TPSA) is 52.8 Å². The number of hydrogen-bond acceptors (Lipinski definition) is 4. The lowest BCUT2D eigenvalue weighted by Gasteiger charge is -2.07. The normalized spacial score (nSPS) is 11.0. The molecule has 0 saturated heterocycles. The fourth-order valence-electron chi connectivity index (χ4n) is 1.84. The molecule has 0 fully saturated rings. The number of aromatic nitrogens is 4. The summed E-state index contributed by atoms with van der Waals surface area (Å²) in [5.41, 5.74) is 0.579. The molecular formula is C13H10F2N4O. The van der Waals surface area contributed by atoms with Gasteiger partial charge in [0.15, 0.2) is 17.2 Å². The predicted octanol–water partition coefficient (Wildman–Crippen LogP) is 2.74. The summed E-state index contributed by atoms with van der Waals surface area (Å²) >= 11 is 0. The molecule has 0 aliphatic heterocycles. The summed E-state index contributed by atoms with van der Waals surface area (Å²) in [5, 5.41) is 4.61. The summed E-state index contributed by atoms with van der Waals surface area (Å²) in [5.74, 6) is -0.905. The van der Waals surface area contributed by atoms with Crippen LogP contribution in [-0.4, -0.2) is 19.7 Å². The third-order valence-electron chi connectivity index (χ3n) is 2.77. The van der Waals surface area contributed by atoms with Gasteiger partial charge in [-0.1, -0.05) is 0 Å². The SMILES string of the molecule is Cc1nc(Oc2ccc(F)cc2F)c2cnn(C)c2n1. The molecule has 0 N–H and O–H groups in total. The van der Waals surface area contributed by atoms with Gasteiger partial charge in [-0.05, 0) is 19.1 Å². The van der Waals surface area contributed by atoms with Crippen LogP contribution in [0.5, 0.6) is 11.6 Å². The molecule has 0 spiro atoms. The summed E-state index contributed by atoms with van der Waals surface area (Å²) in [6.07, 6.45) is 1.53. The summed E-state index contributed by atoms with van der Waals surface area (Å²) in [6.45, 7) is 1.69. The summed E-state index contributed by atoms with van der Waals surface area (Å²) in [6, 6.07) is 3.08. The van der Waals surface area contributed by atoms with Gasteiger partial charge in [0, 0.05) is 13.1 Å². The minimum Gasteiger partial charge on any atom is -0.435 e. The Bertz CT molecular complexity index is 800. The third kappa shape index (κ3) is 2.07. The Labute approximate surface area is 112 Å². The van der Waals surface area contributed by atoms with E-state index in [4.69, 9.17) is 4.74 Å². The average molecular weight is 276 g/mol. The van der Waals surface area contributed by atoms with Crippen LogP contribution in [0.4, 0.5) is 8.78 Å². The van der Waals surface area contributed by atoms with Crippen LogP contribution in [0.25, 0.3) is 11.0 Å². The second kappa shape index (κ2) is 4.52. The van der Waals surface area contributed by atoms with Crippen molar-refractivity contribution >= 4 is 11.0 Å². The lowest BCUT2D eigenvalue weighted by atomic mass is 10.3. The largest absolute Gasteiger partial charge is 0.435 e. The maximum Gasteiger partial charge on any atom is 0.233 e. The van der Waals surface area contributed by atoms with Crippen LogP contribution >= 0.6 is 0 Å². The van der Waals surface area contributed by atoms with E-state index >= 15 is 0 Å². The number of halogens is 2. The zero-order valence-corrected chi connectivity index (χ0v) is 10.8. The molecule has 0 aliphatic carbocycles. The molecule has 0 saturated carbocycles. The van der Waals surface area contributed by atoms with E-state index in [2.05, 4.69) is 15.1 Å². The number of ether oxygens (including phenoxy) is 1. The van der Waals surface area contributed by atoms with Gasteiger partial charge in [-0.25, -0.2) is 13.8 Å². The van der Waals surface area contributed by atoms with E-state index in [1.54, 1.807) is 18.7 Å². The number of hydrogen-bond donors (Lipinski definition) is 0. The van der Waals surface area contributed by atoms with Crippen molar-refractivity contribution in [2.24, 2.45) is 7.05 Å². The van der Waals surface area contributed by atoms with E-state index in [1.807, 2.05) is 0 Å². The van der Waals surface area contributed by atoms with E-state index in [0.717, 1.165) is 12.1 Å². The highest BCUT2D eigenvalue weighted by Crippen LogP contribution is 2.28. The first-order chi connectivity index (χ1) is 9.54. The summed E-state index contributed by atoms with van der Waals surface area (Å²) < 4.78 is 33.5. The van der Waals surface area contributed by atoms with Crippen molar-refractivity contribution in [1.82, 2.24) is 19.7 Å². The number of rotatable bonds is 2. The summed E-state index contributed by atoms with van der Waals surface area (Å²) in [7, 11) is 1.73. The lowest BCUT2D eigenvalue weighted by Crippen LogP contribution is -1.98. The maximum absolute atomic E-state index is 13.6. The zero-order valence-electron chi connectivity index (χ0n) is 10.8. The predicted molar refractivity (Wildman–Crippen MR) is 67.5 cm³/mol. The molecule has 2 aromatic heterocycles. The highest BCUT2D eigenvalue weighted by Gasteiger charge is 2.14. The lowest BCUT2D eigenvalue weighted by molar-refractivity contribution is 0.426. The summed E-state index contributed by atoms with van der Waals surface area (Å²) in [4.78, 5) is 8.36. The smallest absolute Gasteiger partial charge is 0.233 e. The second-order valence-corrected chi connectivity index (χ2v) is 4.26. The number of benzene rings is 1. The van der Waals surface area contributed by atoms with Gasteiger partial charge in [0.05, 0.1) is 6.20 Å². The molecule has 0 unspecified atom stereocenters. The molecule has 3 rings (SSSR count). The van der Waals surface area contributed by atoms with Gasteiger partial charge >= 0.3 is 0 Å². The van der Waals surface area contributed by atoms with Crippen LogP contribution in [0, 0.1) is 18.6 Å². The van der Waals surface area contributed by atoms with Crippen LogP contribution in [-0.2, 0) is 7.05 Å². The van der Waals surface area contributed by atoms with E-state index in [-0.39, 0.29) is 11.6 Å². The molecule has 0 aliphatic rings. The molecule has 1 aromatic carbocycles. The van der Waals surface area contributed by atoms with Gasteiger partial charge in [0.25, 0.3) is 0 Å².